The number of furan rings is 1. The molecule has 0 aliphatic rings. The Morgan fingerprint density at radius 3 is 1.01 bits per heavy atom. The van der Waals surface area contributed by atoms with Crippen LogP contribution in [0.5, 0.6) is 0 Å². The van der Waals surface area contributed by atoms with Gasteiger partial charge in [-0.05, 0) is 161 Å². The SMILES string of the molecule is c1ccc(-c2ccccc2N(c2ccc(-c3cccc4ccccc34)cc2)c2ccc3cc4c(cc3c2)oc2cc3cc(N(c5ccc(-c6cccc7ccccc67)cc5)c5ccccc5-c5ccccc5)ccc3cc24)cc1. The summed E-state index contributed by atoms with van der Waals surface area (Å²) < 4.78 is 6.91. The minimum absolute atomic E-state index is 0.857. The predicted molar refractivity (Wildman–Crippen MR) is 335 cm³/mol. The zero-order valence-electron chi connectivity index (χ0n) is 43.2. The van der Waals surface area contributed by atoms with Crippen LogP contribution in [0.1, 0.15) is 0 Å². The molecule has 0 bridgehead atoms. The highest BCUT2D eigenvalue weighted by Gasteiger charge is 2.21. The third-order valence-electron chi connectivity index (χ3n) is 15.8. The van der Waals surface area contributed by atoms with E-state index in [0.29, 0.717) is 0 Å². The number of benzene rings is 14. The van der Waals surface area contributed by atoms with Crippen LogP contribution in [0.3, 0.4) is 0 Å². The molecule has 3 heteroatoms. The summed E-state index contributed by atoms with van der Waals surface area (Å²) in [5.74, 6) is 0. The van der Waals surface area contributed by atoms with E-state index >= 15 is 0 Å². The van der Waals surface area contributed by atoms with Crippen molar-refractivity contribution in [1.82, 2.24) is 0 Å². The Kier molecular flexibility index (Phi) is 11.2. The predicted octanol–water partition coefficient (Wildman–Crippen LogP) is 21.8. The Morgan fingerprint density at radius 2 is 0.557 bits per heavy atom. The molecule has 0 amide bonds. The molecule has 0 fully saturated rings. The third-order valence-corrected chi connectivity index (χ3v) is 15.8. The Morgan fingerprint density at radius 1 is 0.203 bits per heavy atom. The van der Waals surface area contributed by atoms with Gasteiger partial charge in [-0.15, -0.1) is 0 Å². The average molecular weight is 1010 g/mol. The van der Waals surface area contributed by atoms with Crippen molar-refractivity contribution < 1.29 is 4.42 Å². The van der Waals surface area contributed by atoms with Crippen molar-refractivity contribution in [3.05, 3.63) is 303 Å². The van der Waals surface area contributed by atoms with Crippen LogP contribution in [0.25, 0.3) is 110 Å². The van der Waals surface area contributed by atoms with E-state index in [2.05, 4.69) is 313 Å². The molecule has 0 aliphatic carbocycles. The Hall–Kier alpha value is -10.5. The smallest absolute Gasteiger partial charge is 0.136 e. The number of anilines is 6. The van der Waals surface area contributed by atoms with Crippen molar-refractivity contribution >= 4 is 99.2 Å². The van der Waals surface area contributed by atoms with Gasteiger partial charge in [0, 0.05) is 44.6 Å². The number of hydrogen-bond donors (Lipinski definition) is 0. The standard InChI is InChI=1S/C76H50N2O/c1-3-17-53(18-4-1)69-27-11-13-31-73(69)77(61-39-33-55(34-40-61)67-29-15-23-51-21-7-9-25-65(51)67)63-43-37-57-47-71-72-48-58-38-44-64(46-60(58)50-76(72)79-75(71)49-59(57)45-63)78(74-32-14-12-28-70(74)54-19-5-2-6-20-54)62-41-35-56(36-42-62)68-30-16-24-52-22-8-10-26-66(52)68/h1-50H. The van der Waals surface area contributed by atoms with E-state index in [1.54, 1.807) is 0 Å². The van der Waals surface area contributed by atoms with Crippen LogP contribution in [-0.4, -0.2) is 0 Å². The molecular weight excluding hydrogens is 957 g/mol. The van der Waals surface area contributed by atoms with Gasteiger partial charge in [0.1, 0.15) is 11.2 Å². The summed E-state index contributed by atoms with van der Waals surface area (Å²) in [6.07, 6.45) is 0. The van der Waals surface area contributed by atoms with Crippen LogP contribution in [0, 0.1) is 0 Å². The molecule has 1 heterocycles. The summed E-state index contributed by atoms with van der Waals surface area (Å²) in [6.45, 7) is 0. The first kappa shape index (κ1) is 45.9. The summed E-state index contributed by atoms with van der Waals surface area (Å²) in [7, 11) is 0. The van der Waals surface area contributed by atoms with Gasteiger partial charge in [0.05, 0.1) is 11.4 Å². The fourth-order valence-electron chi connectivity index (χ4n) is 12.0. The molecule has 15 rings (SSSR count). The molecule has 0 saturated carbocycles. The number of nitrogens with zero attached hydrogens (tertiary/aromatic N) is 2. The van der Waals surface area contributed by atoms with Gasteiger partial charge >= 0.3 is 0 Å². The van der Waals surface area contributed by atoms with Gasteiger partial charge < -0.3 is 14.2 Å². The fraction of sp³-hybridized carbons (Fsp3) is 0. The highest BCUT2D eigenvalue weighted by Crippen LogP contribution is 2.46. The number of rotatable bonds is 10. The minimum atomic E-state index is 0.857. The molecule has 370 valence electrons. The number of hydrogen-bond acceptors (Lipinski definition) is 3. The molecule has 0 spiro atoms. The Bertz CT molecular complexity index is 4460. The van der Waals surface area contributed by atoms with Crippen LogP contribution in [0.2, 0.25) is 0 Å². The lowest BCUT2D eigenvalue weighted by Crippen LogP contribution is -2.11. The van der Waals surface area contributed by atoms with Crippen LogP contribution < -0.4 is 9.80 Å². The Balaban J connectivity index is 0.831. The van der Waals surface area contributed by atoms with Crippen LogP contribution in [0.15, 0.2) is 308 Å². The van der Waals surface area contributed by atoms with Crippen molar-refractivity contribution in [3.63, 3.8) is 0 Å². The van der Waals surface area contributed by atoms with Crippen molar-refractivity contribution in [2.24, 2.45) is 0 Å². The van der Waals surface area contributed by atoms with E-state index in [4.69, 9.17) is 4.42 Å². The number of para-hydroxylation sites is 2. The van der Waals surface area contributed by atoms with Crippen LogP contribution >= 0.6 is 0 Å². The van der Waals surface area contributed by atoms with Gasteiger partial charge in [0.25, 0.3) is 0 Å². The van der Waals surface area contributed by atoms with Crippen molar-refractivity contribution in [3.8, 4) is 44.5 Å². The summed E-state index contributed by atoms with van der Waals surface area (Å²) >= 11 is 0. The third kappa shape index (κ3) is 8.24. The van der Waals surface area contributed by atoms with E-state index in [0.717, 1.165) is 99.9 Å². The molecule has 0 unspecified atom stereocenters. The second-order valence-electron chi connectivity index (χ2n) is 20.4. The molecule has 0 radical (unpaired) electrons. The molecule has 15 aromatic rings. The molecule has 0 aliphatic heterocycles. The Labute approximate surface area is 458 Å². The lowest BCUT2D eigenvalue weighted by Gasteiger charge is -2.28. The van der Waals surface area contributed by atoms with Gasteiger partial charge in [-0.1, -0.05) is 218 Å². The highest BCUT2D eigenvalue weighted by atomic mass is 16.3. The van der Waals surface area contributed by atoms with Gasteiger partial charge in [-0.2, -0.15) is 0 Å². The summed E-state index contributed by atoms with van der Waals surface area (Å²) in [6, 6.07) is 110. The molecule has 0 N–H and O–H groups in total. The highest BCUT2D eigenvalue weighted by molar-refractivity contribution is 6.14. The van der Waals surface area contributed by atoms with Crippen molar-refractivity contribution in [1.29, 1.82) is 0 Å². The molecular formula is C76H50N2O. The number of fused-ring (bicyclic) bond motifs is 7. The monoisotopic (exact) mass is 1010 g/mol. The maximum Gasteiger partial charge on any atom is 0.136 e. The molecule has 14 aromatic carbocycles. The first-order valence-electron chi connectivity index (χ1n) is 27.0. The lowest BCUT2D eigenvalue weighted by molar-refractivity contribution is 0.670. The molecule has 0 atom stereocenters. The van der Waals surface area contributed by atoms with E-state index in [1.807, 2.05) is 0 Å². The summed E-state index contributed by atoms with van der Waals surface area (Å²) in [5.41, 5.74) is 17.6. The largest absolute Gasteiger partial charge is 0.456 e. The summed E-state index contributed by atoms with van der Waals surface area (Å²) in [4.78, 5) is 4.78. The zero-order valence-corrected chi connectivity index (χ0v) is 43.2. The average Bonchev–Trinajstić information content (AvgIpc) is 3.88. The first-order valence-corrected chi connectivity index (χ1v) is 27.0. The van der Waals surface area contributed by atoms with Crippen LogP contribution in [-0.2, 0) is 0 Å². The molecule has 1 aromatic heterocycles. The second kappa shape index (κ2) is 19.3. The topological polar surface area (TPSA) is 19.6 Å². The van der Waals surface area contributed by atoms with Gasteiger partial charge in [-0.25, -0.2) is 0 Å². The maximum absolute atomic E-state index is 6.91. The zero-order chi connectivity index (χ0) is 52.2. The van der Waals surface area contributed by atoms with E-state index < -0.39 is 0 Å². The molecule has 0 saturated heterocycles. The second-order valence-corrected chi connectivity index (χ2v) is 20.4. The quantitative estimate of drug-likeness (QED) is 0.136. The van der Waals surface area contributed by atoms with E-state index in [9.17, 15) is 0 Å². The van der Waals surface area contributed by atoms with Gasteiger partial charge in [-0.3, -0.25) is 0 Å². The van der Waals surface area contributed by atoms with Crippen molar-refractivity contribution in [2.45, 2.75) is 0 Å². The minimum Gasteiger partial charge on any atom is -0.456 e. The normalized spacial score (nSPS) is 11.5. The molecule has 3 nitrogen and oxygen atoms in total. The van der Waals surface area contributed by atoms with E-state index in [-0.39, 0.29) is 0 Å². The molecule has 79 heavy (non-hydrogen) atoms. The van der Waals surface area contributed by atoms with E-state index in [1.165, 1.54) is 43.8 Å². The first-order chi connectivity index (χ1) is 39.1. The van der Waals surface area contributed by atoms with Crippen molar-refractivity contribution in [2.75, 3.05) is 9.80 Å². The fourth-order valence-corrected chi connectivity index (χ4v) is 12.0. The lowest BCUT2D eigenvalue weighted by atomic mass is 9.97. The van der Waals surface area contributed by atoms with Gasteiger partial charge in [0.15, 0.2) is 0 Å². The van der Waals surface area contributed by atoms with Gasteiger partial charge in [0.2, 0.25) is 0 Å². The van der Waals surface area contributed by atoms with Crippen LogP contribution in [0.4, 0.5) is 34.1 Å². The summed E-state index contributed by atoms with van der Waals surface area (Å²) in [5, 5.41) is 11.7. The maximum atomic E-state index is 6.91.